The number of imidazole rings is 1. The minimum absolute atomic E-state index is 0.0860. The number of thioether (sulfide) groups is 1. The third kappa shape index (κ3) is 3.83. The van der Waals surface area contributed by atoms with Crippen LogP contribution in [-0.4, -0.2) is 20.8 Å². The van der Waals surface area contributed by atoms with Gasteiger partial charge in [0.2, 0.25) is 0 Å². The molecule has 0 aliphatic heterocycles. The number of nitrogens with zero attached hydrogens (tertiary/aromatic N) is 3. The number of aryl methyl sites for hydroxylation is 1. The van der Waals surface area contributed by atoms with Gasteiger partial charge in [-0.3, -0.25) is 0 Å². The van der Waals surface area contributed by atoms with Crippen LogP contribution in [0.5, 0.6) is 0 Å². The van der Waals surface area contributed by atoms with Gasteiger partial charge in [0, 0.05) is 12.3 Å². The molecule has 0 bridgehead atoms. The fourth-order valence-electron chi connectivity index (χ4n) is 2.00. The van der Waals surface area contributed by atoms with Gasteiger partial charge in [0.25, 0.3) is 0 Å². The topological polar surface area (TPSA) is 41.6 Å². The average molecular weight is 334 g/mol. The van der Waals surface area contributed by atoms with Gasteiger partial charge in [-0.2, -0.15) is 18.4 Å². The van der Waals surface area contributed by atoms with Gasteiger partial charge in [-0.05, 0) is 36.9 Å². The Kier molecular flexibility index (Phi) is 4.69. The number of benzene rings is 1. The van der Waals surface area contributed by atoms with Gasteiger partial charge >= 0.3 is 5.51 Å². The maximum Gasteiger partial charge on any atom is 0.441 e. The van der Waals surface area contributed by atoms with E-state index in [0.29, 0.717) is 22.4 Å². The van der Waals surface area contributed by atoms with E-state index in [1.165, 1.54) is 0 Å². The van der Waals surface area contributed by atoms with Crippen LogP contribution in [0.25, 0.3) is 11.0 Å². The highest BCUT2D eigenvalue weighted by atomic mass is 35.5. The number of alkyl halides is 4. The summed E-state index contributed by atoms with van der Waals surface area (Å²) in [6, 6.07) is 6.91. The molecule has 1 aromatic heterocycles. The van der Waals surface area contributed by atoms with Crippen molar-refractivity contribution in [1.82, 2.24) is 9.55 Å². The van der Waals surface area contributed by atoms with Crippen LogP contribution in [0, 0.1) is 11.3 Å². The summed E-state index contributed by atoms with van der Waals surface area (Å²) in [6.45, 7) is 1.84. The van der Waals surface area contributed by atoms with Gasteiger partial charge in [0.1, 0.15) is 5.82 Å². The molecule has 112 valence electrons. The lowest BCUT2D eigenvalue weighted by Gasteiger charge is -2.11. The van der Waals surface area contributed by atoms with E-state index in [2.05, 4.69) is 4.98 Å². The van der Waals surface area contributed by atoms with Gasteiger partial charge < -0.3 is 4.57 Å². The van der Waals surface area contributed by atoms with E-state index < -0.39 is 10.9 Å². The minimum Gasteiger partial charge on any atom is -0.326 e. The maximum atomic E-state index is 12.2. The standard InChI is InChI=1S/C13H11ClF3N3S/c1-8(14)12-19-10-3-2-9(7-18)6-11(10)20(12)4-5-21-13(15,16)17/h2-3,6,8H,4-5H2,1H3. The zero-order valence-electron chi connectivity index (χ0n) is 11.0. The number of fused-ring (bicyclic) bond motifs is 1. The average Bonchev–Trinajstić information content (AvgIpc) is 2.75. The Balaban J connectivity index is 2.38. The smallest absolute Gasteiger partial charge is 0.326 e. The molecule has 21 heavy (non-hydrogen) atoms. The molecule has 0 saturated carbocycles. The van der Waals surface area contributed by atoms with Crippen molar-refractivity contribution in [2.45, 2.75) is 24.4 Å². The molecule has 0 aliphatic carbocycles. The highest BCUT2D eigenvalue weighted by Gasteiger charge is 2.28. The third-order valence-corrected chi connectivity index (χ3v) is 3.75. The van der Waals surface area contributed by atoms with Crippen LogP contribution in [0.4, 0.5) is 13.2 Å². The number of hydrogen-bond acceptors (Lipinski definition) is 3. The van der Waals surface area contributed by atoms with Crippen LogP contribution in [0.1, 0.15) is 23.7 Å². The molecule has 2 aromatic rings. The number of rotatable bonds is 4. The largest absolute Gasteiger partial charge is 0.441 e. The van der Waals surface area contributed by atoms with Crippen LogP contribution in [-0.2, 0) is 6.54 Å². The fraction of sp³-hybridized carbons (Fsp3) is 0.385. The molecule has 0 aliphatic rings. The van der Waals surface area contributed by atoms with Gasteiger partial charge in [0.05, 0.1) is 28.0 Å². The summed E-state index contributed by atoms with van der Waals surface area (Å²) in [5, 5.41) is 8.50. The first-order valence-electron chi connectivity index (χ1n) is 6.07. The summed E-state index contributed by atoms with van der Waals surface area (Å²) >= 11 is 5.96. The van der Waals surface area contributed by atoms with E-state index in [1.54, 1.807) is 29.7 Å². The van der Waals surface area contributed by atoms with Crippen molar-refractivity contribution >= 4 is 34.4 Å². The molecule has 1 aromatic carbocycles. The molecule has 1 unspecified atom stereocenters. The minimum atomic E-state index is -4.26. The van der Waals surface area contributed by atoms with E-state index in [9.17, 15) is 13.2 Å². The predicted molar refractivity (Wildman–Crippen MR) is 77.2 cm³/mol. The number of halogens is 4. The van der Waals surface area contributed by atoms with Crippen LogP contribution >= 0.6 is 23.4 Å². The summed E-state index contributed by atoms with van der Waals surface area (Å²) in [7, 11) is 0. The first kappa shape index (κ1) is 16.0. The second kappa shape index (κ2) is 6.16. The van der Waals surface area contributed by atoms with E-state index >= 15 is 0 Å². The highest BCUT2D eigenvalue weighted by molar-refractivity contribution is 8.00. The zero-order chi connectivity index (χ0) is 15.6. The van der Waals surface area contributed by atoms with Crippen LogP contribution in [0.15, 0.2) is 18.2 Å². The Morgan fingerprint density at radius 3 is 2.76 bits per heavy atom. The van der Waals surface area contributed by atoms with E-state index in [4.69, 9.17) is 16.9 Å². The van der Waals surface area contributed by atoms with E-state index in [0.717, 1.165) is 0 Å². The summed E-state index contributed by atoms with van der Waals surface area (Å²) < 4.78 is 38.4. The van der Waals surface area contributed by atoms with Gasteiger partial charge in [-0.15, -0.1) is 11.6 Å². The highest BCUT2D eigenvalue weighted by Crippen LogP contribution is 2.31. The van der Waals surface area contributed by atoms with Crippen molar-refractivity contribution in [2.24, 2.45) is 0 Å². The van der Waals surface area contributed by atoms with Crippen molar-refractivity contribution in [3.63, 3.8) is 0 Å². The molecular weight excluding hydrogens is 323 g/mol. The second-order valence-electron chi connectivity index (χ2n) is 4.35. The molecule has 3 nitrogen and oxygen atoms in total. The first-order chi connectivity index (χ1) is 9.81. The third-order valence-electron chi connectivity index (χ3n) is 2.84. The molecule has 0 spiro atoms. The van der Waals surface area contributed by atoms with Crippen LogP contribution in [0.3, 0.4) is 0 Å². The summed E-state index contributed by atoms with van der Waals surface area (Å²) in [5.74, 6) is 0.368. The summed E-state index contributed by atoms with van der Waals surface area (Å²) in [5.41, 5.74) is -2.59. The molecule has 8 heteroatoms. The lowest BCUT2D eigenvalue weighted by atomic mass is 10.2. The lowest BCUT2D eigenvalue weighted by Crippen LogP contribution is -2.10. The molecule has 0 radical (unpaired) electrons. The fourth-order valence-corrected chi connectivity index (χ4v) is 2.67. The number of aromatic nitrogens is 2. The zero-order valence-corrected chi connectivity index (χ0v) is 12.6. The molecule has 0 N–H and O–H groups in total. The maximum absolute atomic E-state index is 12.2. The molecule has 0 saturated heterocycles. The van der Waals surface area contributed by atoms with Crippen molar-refractivity contribution in [3.05, 3.63) is 29.6 Å². The van der Waals surface area contributed by atoms with Crippen LogP contribution < -0.4 is 0 Å². The molecule has 0 amide bonds. The van der Waals surface area contributed by atoms with Crippen LogP contribution in [0.2, 0.25) is 0 Å². The summed E-state index contributed by atoms with van der Waals surface area (Å²) in [6.07, 6.45) is 0. The molecule has 2 rings (SSSR count). The molecular formula is C13H11ClF3N3S. The van der Waals surface area contributed by atoms with Crippen molar-refractivity contribution in [2.75, 3.05) is 5.75 Å². The number of nitriles is 1. The normalized spacial score (nSPS) is 13.3. The Morgan fingerprint density at radius 1 is 1.48 bits per heavy atom. The predicted octanol–water partition coefficient (Wildman–Crippen LogP) is 4.46. The summed E-state index contributed by atoms with van der Waals surface area (Å²) in [4.78, 5) is 4.33. The van der Waals surface area contributed by atoms with Crippen molar-refractivity contribution in [1.29, 1.82) is 5.26 Å². The van der Waals surface area contributed by atoms with Gasteiger partial charge in [0.15, 0.2) is 0 Å². The lowest BCUT2D eigenvalue weighted by molar-refractivity contribution is -0.0328. The van der Waals surface area contributed by atoms with Gasteiger partial charge in [-0.1, -0.05) is 0 Å². The van der Waals surface area contributed by atoms with Crippen molar-refractivity contribution in [3.8, 4) is 6.07 Å². The molecule has 0 fully saturated rings. The molecule has 1 heterocycles. The van der Waals surface area contributed by atoms with E-state index in [1.807, 2.05) is 6.07 Å². The SMILES string of the molecule is CC(Cl)c1nc2ccc(C#N)cc2n1CCSC(F)(F)F. The quantitative estimate of drug-likeness (QED) is 0.776. The Morgan fingerprint density at radius 2 is 2.19 bits per heavy atom. The second-order valence-corrected chi connectivity index (χ2v) is 6.16. The van der Waals surface area contributed by atoms with Gasteiger partial charge in [-0.25, -0.2) is 4.98 Å². The molecule has 1 atom stereocenters. The monoisotopic (exact) mass is 333 g/mol. The number of hydrogen-bond donors (Lipinski definition) is 0. The Hall–Kier alpha value is -1.39. The Labute approximate surface area is 128 Å². The van der Waals surface area contributed by atoms with Crippen molar-refractivity contribution < 1.29 is 13.2 Å². The first-order valence-corrected chi connectivity index (χ1v) is 7.49. The Bertz CT molecular complexity index is 688. The van der Waals surface area contributed by atoms with E-state index in [-0.39, 0.29) is 24.1 Å².